The van der Waals surface area contributed by atoms with Crippen LogP contribution in [0.3, 0.4) is 0 Å². The van der Waals surface area contributed by atoms with Crippen LogP contribution in [-0.4, -0.2) is 49.7 Å². The molecule has 2 atom stereocenters. The number of hydrogen-bond donors (Lipinski definition) is 2. The van der Waals surface area contributed by atoms with Crippen molar-refractivity contribution in [3.63, 3.8) is 0 Å². The van der Waals surface area contributed by atoms with Crippen LogP contribution in [0.15, 0.2) is 52.3 Å². The predicted molar refractivity (Wildman–Crippen MR) is 132 cm³/mol. The van der Waals surface area contributed by atoms with Crippen molar-refractivity contribution in [2.45, 2.75) is 53.9 Å². The van der Waals surface area contributed by atoms with Gasteiger partial charge in [0.15, 0.2) is 0 Å². The molecule has 0 bridgehead atoms. The molecule has 1 heterocycles. The van der Waals surface area contributed by atoms with Crippen LogP contribution in [0.4, 0.5) is 10.1 Å². The second-order valence-corrected chi connectivity index (χ2v) is 12.7. The quantitative estimate of drug-likeness (QED) is 0.520. The summed E-state index contributed by atoms with van der Waals surface area (Å²) in [5.41, 5.74) is 1.39. The standard InChI is InChI=1S/C24H32FN3O5S2/c1-33-12-11-17-15-28(16-17)23-10-9-22(14-24(23)34(26,29)30)35(31,32)27-21-4-2-3-19(13-21)18-5-7-20(25)8-6-18/h5-10,14,17,19,21,27H,2-4,11-13,15-16H2,1H3,(H2,26,29,30). The first-order chi connectivity index (χ1) is 16.6. The third kappa shape index (κ3) is 6.21. The number of ether oxygens (including phenoxy) is 1. The van der Waals surface area contributed by atoms with E-state index in [0.29, 0.717) is 44.1 Å². The van der Waals surface area contributed by atoms with Crippen molar-refractivity contribution in [3.05, 3.63) is 53.8 Å². The van der Waals surface area contributed by atoms with Gasteiger partial charge < -0.3 is 9.64 Å². The number of nitrogens with zero attached hydrogens (tertiary/aromatic N) is 1. The Morgan fingerprint density at radius 1 is 1.09 bits per heavy atom. The average molecular weight is 526 g/mol. The van der Waals surface area contributed by atoms with Gasteiger partial charge in [0.25, 0.3) is 0 Å². The van der Waals surface area contributed by atoms with Crippen molar-refractivity contribution >= 4 is 25.7 Å². The first-order valence-corrected chi connectivity index (χ1v) is 14.8. The van der Waals surface area contributed by atoms with Crippen LogP contribution in [0.2, 0.25) is 0 Å². The first-order valence-electron chi connectivity index (χ1n) is 11.8. The van der Waals surface area contributed by atoms with Crippen LogP contribution in [0.1, 0.15) is 43.6 Å². The summed E-state index contributed by atoms with van der Waals surface area (Å²) in [4.78, 5) is 1.56. The van der Waals surface area contributed by atoms with E-state index in [0.717, 1.165) is 30.9 Å². The van der Waals surface area contributed by atoms with Crippen LogP contribution >= 0.6 is 0 Å². The molecule has 0 amide bonds. The van der Waals surface area contributed by atoms with E-state index < -0.39 is 20.0 Å². The summed E-state index contributed by atoms with van der Waals surface area (Å²) in [6.45, 7) is 1.94. The Kier molecular flexibility index (Phi) is 7.82. The van der Waals surface area contributed by atoms with Gasteiger partial charge in [-0.25, -0.2) is 31.1 Å². The largest absolute Gasteiger partial charge is 0.385 e. The summed E-state index contributed by atoms with van der Waals surface area (Å²) in [6.07, 6.45) is 3.86. The lowest BCUT2D eigenvalue weighted by molar-refractivity contribution is 0.169. The molecular weight excluding hydrogens is 493 g/mol. The molecule has 1 aliphatic heterocycles. The van der Waals surface area contributed by atoms with Crippen molar-refractivity contribution in [1.82, 2.24) is 4.72 Å². The molecule has 35 heavy (non-hydrogen) atoms. The fourth-order valence-electron chi connectivity index (χ4n) is 5.01. The monoisotopic (exact) mass is 525 g/mol. The zero-order valence-corrected chi connectivity index (χ0v) is 21.3. The molecule has 2 aromatic rings. The van der Waals surface area contributed by atoms with Gasteiger partial charge in [-0.05, 0) is 73.4 Å². The maximum Gasteiger partial charge on any atom is 0.240 e. The number of sulfonamides is 2. The number of halogens is 1. The Hall–Kier alpha value is -2.05. The summed E-state index contributed by atoms with van der Waals surface area (Å²) < 4.78 is 72.1. The van der Waals surface area contributed by atoms with Crippen LogP contribution < -0.4 is 14.8 Å². The van der Waals surface area contributed by atoms with Crippen molar-refractivity contribution < 1.29 is 26.0 Å². The Balaban J connectivity index is 1.50. The lowest BCUT2D eigenvalue weighted by atomic mass is 9.82. The molecule has 0 spiro atoms. The number of nitrogens with two attached hydrogens (primary N) is 1. The van der Waals surface area contributed by atoms with Gasteiger partial charge in [0, 0.05) is 32.8 Å². The van der Waals surface area contributed by atoms with Crippen LogP contribution in [0, 0.1) is 11.7 Å². The minimum absolute atomic E-state index is 0.122. The van der Waals surface area contributed by atoms with E-state index >= 15 is 0 Å². The maximum absolute atomic E-state index is 13.3. The number of benzene rings is 2. The minimum atomic E-state index is -4.14. The van der Waals surface area contributed by atoms with Crippen molar-refractivity contribution in [2.24, 2.45) is 11.1 Å². The van der Waals surface area contributed by atoms with E-state index in [2.05, 4.69) is 4.72 Å². The van der Waals surface area contributed by atoms with Crippen molar-refractivity contribution in [3.8, 4) is 0 Å². The third-order valence-corrected chi connectivity index (χ3v) is 9.37. The highest BCUT2D eigenvalue weighted by molar-refractivity contribution is 7.90. The molecule has 2 aliphatic rings. The summed E-state index contributed by atoms with van der Waals surface area (Å²) in [5, 5.41) is 5.46. The van der Waals surface area contributed by atoms with Crippen LogP contribution in [0.25, 0.3) is 0 Å². The summed E-state index contributed by atoms with van der Waals surface area (Å²) >= 11 is 0. The zero-order chi connectivity index (χ0) is 25.2. The SMILES string of the molecule is COCCC1CN(c2ccc(S(=O)(=O)NC3CCCC(c4ccc(F)cc4)C3)cc2S(N)(=O)=O)C1. The van der Waals surface area contributed by atoms with E-state index in [4.69, 9.17) is 9.88 Å². The molecule has 3 N–H and O–H groups in total. The Morgan fingerprint density at radius 2 is 1.80 bits per heavy atom. The van der Waals surface area contributed by atoms with Gasteiger partial charge in [0.05, 0.1) is 10.6 Å². The molecule has 192 valence electrons. The Morgan fingerprint density at radius 3 is 2.46 bits per heavy atom. The van der Waals surface area contributed by atoms with Crippen LogP contribution in [0.5, 0.6) is 0 Å². The maximum atomic E-state index is 13.3. The van der Waals surface area contributed by atoms with Crippen molar-refractivity contribution in [1.29, 1.82) is 0 Å². The summed E-state index contributed by atoms with van der Waals surface area (Å²) in [7, 11) is -6.48. The van der Waals surface area contributed by atoms with Crippen LogP contribution in [-0.2, 0) is 24.8 Å². The topological polar surface area (TPSA) is 119 Å². The molecular formula is C24H32FN3O5S2. The third-order valence-electron chi connectivity index (χ3n) is 6.91. The van der Waals surface area contributed by atoms with E-state index in [1.807, 2.05) is 4.90 Å². The molecule has 1 saturated carbocycles. The molecule has 0 aromatic heterocycles. The second-order valence-electron chi connectivity index (χ2n) is 9.46. The highest BCUT2D eigenvalue weighted by atomic mass is 32.2. The van der Waals surface area contributed by atoms with Gasteiger partial charge in [0.2, 0.25) is 20.0 Å². The molecule has 11 heteroatoms. The van der Waals surface area contributed by atoms with Gasteiger partial charge in [-0.2, -0.15) is 0 Å². The van der Waals surface area contributed by atoms with Gasteiger partial charge >= 0.3 is 0 Å². The molecule has 8 nitrogen and oxygen atoms in total. The molecule has 2 fully saturated rings. The zero-order valence-electron chi connectivity index (χ0n) is 19.7. The number of nitrogens with one attached hydrogen (secondary N) is 1. The minimum Gasteiger partial charge on any atom is -0.385 e. The fourth-order valence-corrected chi connectivity index (χ4v) is 7.17. The predicted octanol–water partition coefficient (Wildman–Crippen LogP) is 2.95. The molecule has 2 unspecified atom stereocenters. The second kappa shape index (κ2) is 10.5. The molecule has 1 aliphatic carbocycles. The summed E-state index contributed by atoms with van der Waals surface area (Å²) in [6, 6.07) is 10.1. The average Bonchev–Trinajstić information content (AvgIpc) is 2.78. The molecule has 2 aromatic carbocycles. The summed E-state index contributed by atoms with van der Waals surface area (Å²) in [5.74, 6) is 0.199. The number of rotatable bonds is 9. The van der Waals surface area contributed by atoms with Gasteiger partial charge in [-0.1, -0.05) is 18.6 Å². The fraction of sp³-hybridized carbons (Fsp3) is 0.500. The number of anilines is 1. The normalized spacial score (nSPS) is 21.6. The number of primary sulfonamides is 1. The van der Waals surface area contributed by atoms with Gasteiger partial charge in [-0.15, -0.1) is 0 Å². The lowest BCUT2D eigenvalue weighted by Gasteiger charge is -2.41. The lowest BCUT2D eigenvalue weighted by Crippen LogP contribution is -2.47. The smallest absolute Gasteiger partial charge is 0.240 e. The van der Waals surface area contributed by atoms with E-state index in [1.165, 1.54) is 24.3 Å². The van der Waals surface area contributed by atoms with Gasteiger partial charge in [-0.3, -0.25) is 0 Å². The van der Waals surface area contributed by atoms with Gasteiger partial charge in [0.1, 0.15) is 10.7 Å². The van der Waals surface area contributed by atoms with E-state index in [9.17, 15) is 21.2 Å². The van der Waals surface area contributed by atoms with E-state index in [1.54, 1.807) is 19.2 Å². The number of methoxy groups -OCH3 is 1. The molecule has 0 radical (unpaired) electrons. The molecule has 4 rings (SSSR count). The number of hydrogen-bond acceptors (Lipinski definition) is 6. The first kappa shape index (κ1) is 26.0. The molecule has 1 saturated heterocycles. The highest BCUT2D eigenvalue weighted by Crippen LogP contribution is 2.35. The van der Waals surface area contributed by atoms with Crippen molar-refractivity contribution in [2.75, 3.05) is 31.7 Å². The highest BCUT2D eigenvalue weighted by Gasteiger charge is 2.32. The Labute approximate surface area is 206 Å². The Bertz CT molecular complexity index is 1250. The van der Waals surface area contributed by atoms with E-state index in [-0.39, 0.29) is 27.6 Å².